The summed E-state index contributed by atoms with van der Waals surface area (Å²) < 4.78 is 37.0. The Labute approximate surface area is 98.8 Å². The van der Waals surface area contributed by atoms with Crippen molar-refractivity contribution in [2.75, 3.05) is 0 Å². The summed E-state index contributed by atoms with van der Waals surface area (Å²) in [6.45, 7) is 1.70. The Morgan fingerprint density at radius 2 is 1.94 bits per heavy atom. The summed E-state index contributed by atoms with van der Waals surface area (Å²) in [5, 5.41) is 18.6. The van der Waals surface area contributed by atoms with Crippen LogP contribution in [-0.2, 0) is 6.42 Å². The van der Waals surface area contributed by atoms with E-state index < -0.39 is 12.3 Å². The van der Waals surface area contributed by atoms with Gasteiger partial charge in [0.05, 0.1) is 4.47 Å². The number of aromatic hydroxyl groups is 1. The Morgan fingerprint density at radius 3 is 2.38 bits per heavy atom. The lowest BCUT2D eigenvalue weighted by Gasteiger charge is -2.16. The number of aliphatic hydroxyl groups is 1. The maximum atomic E-state index is 12.3. The molecule has 0 aromatic heterocycles. The quantitative estimate of drug-likeness (QED) is 0.879. The fraction of sp³-hybridized carbons (Fsp3) is 0.400. The largest absolute Gasteiger partial charge is 0.506 e. The molecule has 90 valence electrons. The molecule has 6 heteroatoms. The van der Waals surface area contributed by atoms with Gasteiger partial charge in [-0.05, 0) is 45.6 Å². The van der Waals surface area contributed by atoms with Crippen LogP contribution in [0.3, 0.4) is 0 Å². The fourth-order valence-electron chi connectivity index (χ4n) is 1.30. The van der Waals surface area contributed by atoms with Crippen molar-refractivity contribution in [3.63, 3.8) is 0 Å². The van der Waals surface area contributed by atoms with Crippen LogP contribution in [0, 0.1) is 0 Å². The predicted molar refractivity (Wildman–Crippen MR) is 56.2 cm³/mol. The number of aryl methyl sites for hydroxylation is 1. The number of phenolic OH excluding ortho intramolecular Hbond substituents is 1. The van der Waals surface area contributed by atoms with Gasteiger partial charge in [0.1, 0.15) is 5.75 Å². The Hall–Kier alpha value is -0.750. The SMILES string of the molecule is CCc1cc(C(O)C(F)(F)F)cc(Br)c1O. The van der Waals surface area contributed by atoms with E-state index in [9.17, 15) is 18.3 Å². The summed E-state index contributed by atoms with van der Waals surface area (Å²) >= 11 is 2.94. The highest BCUT2D eigenvalue weighted by molar-refractivity contribution is 9.10. The second-order valence-electron chi connectivity index (χ2n) is 3.31. The fourth-order valence-corrected chi connectivity index (χ4v) is 1.81. The lowest BCUT2D eigenvalue weighted by Crippen LogP contribution is -2.20. The summed E-state index contributed by atoms with van der Waals surface area (Å²) in [5.41, 5.74) is 0.0710. The molecule has 0 spiro atoms. The molecule has 0 saturated heterocycles. The number of phenols is 1. The van der Waals surface area contributed by atoms with E-state index >= 15 is 0 Å². The van der Waals surface area contributed by atoms with Crippen LogP contribution in [0.4, 0.5) is 13.2 Å². The van der Waals surface area contributed by atoms with Crippen molar-refractivity contribution in [3.05, 3.63) is 27.7 Å². The van der Waals surface area contributed by atoms with Crippen LogP contribution in [0.2, 0.25) is 0 Å². The molecule has 1 aromatic rings. The first-order valence-electron chi connectivity index (χ1n) is 4.53. The second-order valence-corrected chi connectivity index (χ2v) is 4.16. The summed E-state index contributed by atoms with van der Waals surface area (Å²) in [4.78, 5) is 0. The lowest BCUT2D eigenvalue weighted by atomic mass is 10.0. The number of aliphatic hydroxyl groups excluding tert-OH is 1. The summed E-state index contributed by atoms with van der Waals surface area (Å²) in [6.07, 6.45) is -6.86. The van der Waals surface area contributed by atoms with Gasteiger partial charge in [-0.25, -0.2) is 0 Å². The number of halogens is 4. The second kappa shape index (κ2) is 4.63. The monoisotopic (exact) mass is 298 g/mol. The highest BCUT2D eigenvalue weighted by Crippen LogP contribution is 2.37. The highest BCUT2D eigenvalue weighted by Gasteiger charge is 2.39. The first kappa shape index (κ1) is 13.3. The lowest BCUT2D eigenvalue weighted by molar-refractivity contribution is -0.206. The van der Waals surface area contributed by atoms with Crippen molar-refractivity contribution in [2.24, 2.45) is 0 Å². The molecule has 2 N–H and O–H groups in total. The molecule has 0 aliphatic rings. The van der Waals surface area contributed by atoms with Gasteiger partial charge in [0.25, 0.3) is 0 Å². The van der Waals surface area contributed by atoms with Crippen molar-refractivity contribution in [2.45, 2.75) is 25.6 Å². The van der Waals surface area contributed by atoms with Crippen LogP contribution in [0.1, 0.15) is 24.2 Å². The van der Waals surface area contributed by atoms with Crippen molar-refractivity contribution in [1.82, 2.24) is 0 Å². The van der Waals surface area contributed by atoms with E-state index in [0.29, 0.717) is 12.0 Å². The van der Waals surface area contributed by atoms with E-state index in [4.69, 9.17) is 5.11 Å². The van der Waals surface area contributed by atoms with Crippen molar-refractivity contribution in [1.29, 1.82) is 0 Å². The number of rotatable bonds is 2. The third-order valence-corrected chi connectivity index (χ3v) is 2.78. The zero-order chi connectivity index (χ0) is 12.5. The molecule has 2 nitrogen and oxygen atoms in total. The Morgan fingerprint density at radius 1 is 1.38 bits per heavy atom. The standard InChI is InChI=1S/C10H10BrF3O2/c1-2-5-3-6(4-7(11)8(5)15)9(16)10(12,13)14/h3-4,9,15-16H,2H2,1H3. The molecule has 0 radical (unpaired) electrons. The van der Waals surface area contributed by atoms with E-state index in [1.54, 1.807) is 6.92 Å². The van der Waals surface area contributed by atoms with Gasteiger partial charge in [-0.15, -0.1) is 0 Å². The van der Waals surface area contributed by atoms with Crippen molar-refractivity contribution < 1.29 is 23.4 Å². The molecule has 0 fully saturated rings. The first-order valence-corrected chi connectivity index (χ1v) is 5.32. The molecule has 1 unspecified atom stereocenters. The number of hydrogen-bond donors (Lipinski definition) is 2. The topological polar surface area (TPSA) is 40.5 Å². The highest BCUT2D eigenvalue weighted by atomic mass is 79.9. The zero-order valence-electron chi connectivity index (χ0n) is 8.35. The molecule has 0 heterocycles. The number of hydrogen-bond acceptors (Lipinski definition) is 2. The molecule has 1 atom stereocenters. The van der Waals surface area contributed by atoms with Crippen LogP contribution < -0.4 is 0 Å². The number of benzene rings is 1. The van der Waals surface area contributed by atoms with Gasteiger partial charge >= 0.3 is 6.18 Å². The minimum absolute atomic E-state index is 0.0966. The molecular formula is C10H10BrF3O2. The molecule has 0 bridgehead atoms. The number of alkyl halides is 3. The van der Waals surface area contributed by atoms with Crippen LogP contribution in [0.25, 0.3) is 0 Å². The molecule has 1 rings (SSSR count). The normalized spacial score (nSPS) is 13.9. The minimum atomic E-state index is -4.71. The van der Waals surface area contributed by atoms with Crippen LogP contribution in [0.5, 0.6) is 5.75 Å². The molecule has 0 aliphatic carbocycles. The zero-order valence-corrected chi connectivity index (χ0v) is 9.93. The Balaban J connectivity index is 3.21. The third-order valence-electron chi connectivity index (χ3n) is 2.17. The molecular weight excluding hydrogens is 289 g/mol. The first-order chi connectivity index (χ1) is 7.27. The van der Waals surface area contributed by atoms with E-state index in [0.717, 1.165) is 12.1 Å². The summed E-state index contributed by atoms with van der Waals surface area (Å²) in [7, 11) is 0. The maximum Gasteiger partial charge on any atom is 0.418 e. The average molecular weight is 299 g/mol. The molecule has 1 aromatic carbocycles. The summed E-state index contributed by atoms with van der Waals surface area (Å²) in [6, 6.07) is 2.21. The minimum Gasteiger partial charge on any atom is -0.506 e. The van der Waals surface area contributed by atoms with Crippen molar-refractivity contribution in [3.8, 4) is 5.75 Å². The predicted octanol–water partition coefficient (Wildman–Crippen LogP) is 3.31. The smallest absolute Gasteiger partial charge is 0.418 e. The van der Waals surface area contributed by atoms with Gasteiger partial charge in [0, 0.05) is 0 Å². The van der Waals surface area contributed by atoms with Crippen LogP contribution in [-0.4, -0.2) is 16.4 Å². The maximum absolute atomic E-state index is 12.3. The molecule has 0 saturated carbocycles. The van der Waals surface area contributed by atoms with Gasteiger partial charge in [-0.2, -0.15) is 13.2 Å². The average Bonchev–Trinajstić information content (AvgIpc) is 2.19. The van der Waals surface area contributed by atoms with E-state index in [2.05, 4.69) is 15.9 Å². The van der Waals surface area contributed by atoms with Crippen LogP contribution in [0.15, 0.2) is 16.6 Å². The van der Waals surface area contributed by atoms with E-state index in [-0.39, 0.29) is 15.8 Å². The van der Waals surface area contributed by atoms with Crippen molar-refractivity contribution >= 4 is 15.9 Å². The third kappa shape index (κ3) is 2.68. The van der Waals surface area contributed by atoms with E-state index in [1.807, 2.05) is 0 Å². The molecule has 0 aliphatic heterocycles. The molecule has 0 amide bonds. The van der Waals surface area contributed by atoms with Crippen LogP contribution >= 0.6 is 15.9 Å². The molecule has 16 heavy (non-hydrogen) atoms. The van der Waals surface area contributed by atoms with E-state index in [1.165, 1.54) is 0 Å². The summed E-state index contributed by atoms with van der Waals surface area (Å²) in [5.74, 6) is -0.0966. The van der Waals surface area contributed by atoms with Gasteiger partial charge in [0.2, 0.25) is 0 Å². The Bertz CT molecular complexity index is 390. The van der Waals surface area contributed by atoms with Gasteiger partial charge < -0.3 is 10.2 Å². The van der Waals surface area contributed by atoms with Gasteiger partial charge in [-0.1, -0.05) is 6.92 Å². The van der Waals surface area contributed by atoms with Gasteiger partial charge in [-0.3, -0.25) is 0 Å². The Kier molecular flexibility index (Phi) is 3.85. The van der Waals surface area contributed by atoms with Gasteiger partial charge in [0.15, 0.2) is 6.10 Å².